The van der Waals surface area contributed by atoms with Gasteiger partial charge >= 0.3 is 0 Å². The van der Waals surface area contributed by atoms with Crippen LogP contribution < -0.4 is 4.74 Å². The molecule has 1 aromatic carbocycles. The summed E-state index contributed by atoms with van der Waals surface area (Å²) in [6, 6.07) is 7.54. The molecule has 0 amide bonds. The predicted molar refractivity (Wildman–Crippen MR) is 85.0 cm³/mol. The first-order valence-corrected chi connectivity index (χ1v) is 7.85. The van der Waals surface area contributed by atoms with Gasteiger partial charge in [0.25, 0.3) is 0 Å². The van der Waals surface area contributed by atoms with Gasteiger partial charge in [0.15, 0.2) is 0 Å². The molecule has 0 bridgehead atoms. The summed E-state index contributed by atoms with van der Waals surface area (Å²) in [5.41, 5.74) is 0.890. The number of ether oxygens (including phenoxy) is 1. The molecule has 0 N–H and O–H groups in total. The van der Waals surface area contributed by atoms with Crippen molar-refractivity contribution < 1.29 is 14.1 Å². The summed E-state index contributed by atoms with van der Waals surface area (Å²) < 4.78 is 10.5. The maximum Gasteiger partial charge on any atom is 0.241 e. The average molecular weight is 315 g/mol. The Hall–Kier alpha value is -2.21. The minimum absolute atomic E-state index is 0.132. The molecule has 1 aliphatic heterocycles. The third kappa shape index (κ3) is 3.76. The lowest BCUT2D eigenvalue weighted by Gasteiger charge is -2.30. The van der Waals surface area contributed by atoms with Crippen LogP contribution in [0.15, 0.2) is 28.8 Å². The SMILES string of the molecule is COc1ccc(-c2noc(CN3CCCC(C(C)=O)C3)n2)cc1. The molecule has 1 fully saturated rings. The summed E-state index contributed by atoms with van der Waals surface area (Å²) in [5.74, 6) is 2.34. The summed E-state index contributed by atoms with van der Waals surface area (Å²) in [7, 11) is 1.63. The van der Waals surface area contributed by atoms with E-state index in [1.54, 1.807) is 14.0 Å². The third-order valence-corrected chi connectivity index (χ3v) is 4.26. The minimum atomic E-state index is 0.132. The Morgan fingerprint density at radius 2 is 2.17 bits per heavy atom. The summed E-state index contributed by atoms with van der Waals surface area (Å²) in [6.07, 6.45) is 2.01. The van der Waals surface area contributed by atoms with Crippen molar-refractivity contribution in [3.63, 3.8) is 0 Å². The van der Waals surface area contributed by atoms with E-state index in [1.807, 2.05) is 24.3 Å². The van der Waals surface area contributed by atoms with Crippen molar-refractivity contribution in [3.8, 4) is 17.1 Å². The second-order valence-corrected chi connectivity index (χ2v) is 5.93. The first-order chi connectivity index (χ1) is 11.2. The van der Waals surface area contributed by atoms with Crippen molar-refractivity contribution >= 4 is 5.78 Å². The van der Waals surface area contributed by atoms with Gasteiger partial charge in [0.1, 0.15) is 11.5 Å². The molecule has 1 aliphatic rings. The highest BCUT2D eigenvalue weighted by molar-refractivity contribution is 5.78. The van der Waals surface area contributed by atoms with Crippen LogP contribution in [-0.2, 0) is 11.3 Å². The summed E-state index contributed by atoms with van der Waals surface area (Å²) in [6.45, 7) is 4.00. The first-order valence-electron chi connectivity index (χ1n) is 7.85. The minimum Gasteiger partial charge on any atom is -0.497 e. The number of hydrogen-bond acceptors (Lipinski definition) is 6. The van der Waals surface area contributed by atoms with Gasteiger partial charge in [0, 0.05) is 18.0 Å². The number of likely N-dealkylation sites (tertiary alicyclic amines) is 1. The zero-order valence-corrected chi connectivity index (χ0v) is 13.5. The molecule has 1 unspecified atom stereocenters. The molecule has 3 rings (SSSR count). The third-order valence-electron chi connectivity index (χ3n) is 4.26. The lowest BCUT2D eigenvalue weighted by atomic mass is 9.95. The maximum atomic E-state index is 11.5. The molecule has 1 aromatic heterocycles. The molecule has 6 heteroatoms. The van der Waals surface area contributed by atoms with Gasteiger partial charge in [-0.25, -0.2) is 0 Å². The first kappa shape index (κ1) is 15.7. The molecular formula is C17H21N3O3. The van der Waals surface area contributed by atoms with E-state index in [4.69, 9.17) is 9.26 Å². The lowest BCUT2D eigenvalue weighted by molar-refractivity contribution is -0.122. The number of methoxy groups -OCH3 is 1. The van der Waals surface area contributed by atoms with Gasteiger partial charge in [-0.2, -0.15) is 4.98 Å². The van der Waals surface area contributed by atoms with E-state index in [2.05, 4.69) is 15.0 Å². The van der Waals surface area contributed by atoms with Gasteiger partial charge in [-0.15, -0.1) is 0 Å². The molecule has 1 saturated heterocycles. The molecule has 23 heavy (non-hydrogen) atoms. The molecular weight excluding hydrogens is 294 g/mol. The van der Waals surface area contributed by atoms with Crippen molar-refractivity contribution in [2.75, 3.05) is 20.2 Å². The molecule has 6 nitrogen and oxygen atoms in total. The van der Waals surface area contributed by atoms with E-state index in [0.717, 1.165) is 37.2 Å². The van der Waals surface area contributed by atoms with E-state index in [1.165, 1.54) is 0 Å². The number of ketones is 1. The number of aromatic nitrogens is 2. The second kappa shape index (κ2) is 6.91. The fraction of sp³-hybridized carbons (Fsp3) is 0.471. The monoisotopic (exact) mass is 315 g/mol. The topological polar surface area (TPSA) is 68.5 Å². The van der Waals surface area contributed by atoms with Crippen LogP contribution in [0.5, 0.6) is 5.75 Å². The van der Waals surface area contributed by atoms with Crippen molar-refractivity contribution in [3.05, 3.63) is 30.2 Å². The quantitative estimate of drug-likeness (QED) is 0.844. The summed E-state index contributed by atoms with van der Waals surface area (Å²) in [4.78, 5) is 18.2. The van der Waals surface area contributed by atoms with Crippen LogP contribution in [-0.4, -0.2) is 41.0 Å². The second-order valence-electron chi connectivity index (χ2n) is 5.93. The maximum absolute atomic E-state index is 11.5. The highest BCUT2D eigenvalue weighted by Crippen LogP contribution is 2.22. The number of benzene rings is 1. The Morgan fingerprint density at radius 3 is 2.87 bits per heavy atom. The smallest absolute Gasteiger partial charge is 0.241 e. The van der Waals surface area contributed by atoms with Crippen LogP contribution in [0, 0.1) is 5.92 Å². The number of carbonyl (C=O) groups excluding carboxylic acids is 1. The van der Waals surface area contributed by atoms with Crippen LogP contribution in [0.4, 0.5) is 0 Å². The number of hydrogen-bond donors (Lipinski definition) is 0. The van der Waals surface area contributed by atoms with Gasteiger partial charge < -0.3 is 9.26 Å². The van der Waals surface area contributed by atoms with E-state index in [-0.39, 0.29) is 11.7 Å². The highest BCUT2D eigenvalue weighted by atomic mass is 16.5. The standard InChI is InChI=1S/C17H21N3O3/c1-12(21)14-4-3-9-20(10-14)11-16-18-17(19-23-16)13-5-7-15(22-2)8-6-13/h5-8,14H,3-4,9-11H2,1-2H3. The van der Waals surface area contributed by atoms with Crippen LogP contribution in [0.2, 0.25) is 0 Å². The van der Waals surface area contributed by atoms with E-state index in [9.17, 15) is 4.79 Å². The van der Waals surface area contributed by atoms with E-state index >= 15 is 0 Å². The Bertz CT molecular complexity index is 666. The Balaban J connectivity index is 1.65. The van der Waals surface area contributed by atoms with Crippen molar-refractivity contribution in [2.24, 2.45) is 5.92 Å². The van der Waals surface area contributed by atoms with Gasteiger partial charge in [-0.1, -0.05) is 5.16 Å². The molecule has 122 valence electrons. The Kier molecular flexibility index (Phi) is 4.71. The molecule has 0 saturated carbocycles. The number of rotatable bonds is 5. The molecule has 0 aliphatic carbocycles. The Morgan fingerprint density at radius 1 is 1.39 bits per heavy atom. The van der Waals surface area contributed by atoms with Crippen molar-refractivity contribution in [1.82, 2.24) is 15.0 Å². The van der Waals surface area contributed by atoms with E-state index in [0.29, 0.717) is 18.3 Å². The normalized spacial score (nSPS) is 18.8. The van der Waals surface area contributed by atoms with Gasteiger partial charge in [0.05, 0.1) is 13.7 Å². The predicted octanol–water partition coefficient (Wildman–Crippen LogP) is 2.55. The number of nitrogens with zero attached hydrogens (tertiary/aromatic N) is 3. The average Bonchev–Trinajstić information content (AvgIpc) is 3.03. The van der Waals surface area contributed by atoms with Gasteiger partial charge in [0.2, 0.25) is 11.7 Å². The molecule has 0 spiro atoms. The molecule has 1 atom stereocenters. The largest absolute Gasteiger partial charge is 0.497 e. The van der Waals surface area contributed by atoms with Crippen molar-refractivity contribution in [1.29, 1.82) is 0 Å². The van der Waals surface area contributed by atoms with Crippen LogP contribution in [0.3, 0.4) is 0 Å². The summed E-state index contributed by atoms with van der Waals surface area (Å²) >= 11 is 0. The van der Waals surface area contributed by atoms with Crippen LogP contribution >= 0.6 is 0 Å². The van der Waals surface area contributed by atoms with Crippen molar-refractivity contribution in [2.45, 2.75) is 26.3 Å². The van der Waals surface area contributed by atoms with Crippen LogP contribution in [0.25, 0.3) is 11.4 Å². The zero-order valence-electron chi connectivity index (χ0n) is 13.5. The van der Waals surface area contributed by atoms with Crippen LogP contribution in [0.1, 0.15) is 25.7 Å². The lowest BCUT2D eigenvalue weighted by Crippen LogP contribution is -2.37. The highest BCUT2D eigenvalue weighted by Gasteiger charge is 2.24. The molecule has 2 heterocycles. The number of Topliss-reactive ketones (excluding diaryl/α,β-unsaturated/α-hetero) is 1. The summed E-state index contributed by atoms with van der Waals surface area (Å²) in [5, 5.41) is 4.04. The Labute approximate surface area is 135 Å². The van der Waals surface area contributed by atoms with Gasteiger partial charge in [-0.05, 0) is 50.6 Å². The van der Waals surface area contributed by atoms with Gasteiger partial charge in [-0.3, -0.25) is 9.69 Å². The zero-order chi connectivity index (χ0) is 16.2. The van der Waals surface area contributed by atoms with E-state index < -0.39 is 0 Å². The molecule has 2 aromatic rings. The number of piperidine rings is 1. The number of carbonyl (C=O) groups is 1. The fourth-order valence-corrected chi connectivity index (χ4v) is 2.90. The fourth-order valence-electron chi connectivity index (χ4n) is 2.90. The molecule has 0 radical (unpaired) electrons.